The fourth-order valence-corrected chi connectivity index (χ4v) is 3.01. The molecule has 0 saturated carbocycles. The molecule has 3 rings (SSSR count). The Balaban J connectivity index is 1.68. The minimum atomic E-state index is -0.471. The van der Waals surface area contributed by atoms with E-state index >= 15 is 0 Å². The Hall–Kier alpha value is -2.14. The van der Waals surface area contributed by atoms with Crippen LogP contribution in [0.2, 0.25) is 0 Å². The van der Waals surface area contributed by atoms with Crippen molar-refractivity contribution in [3.8, 4) is 11.3 Å². The summed E-state index contributed by atoms with van der Waals surface area (Å²) in [4.78, 5) is 16.1. The van der Waals surface area contributed by atoms with Crippen LogP contribution in [0.4, 0.5) is 5.82 Å². The Morgan fingerprint density at radius 3 is 2.50 bits per heavy atom. The van der Waals surface area contributed by atoms with Crippen molar-refractivity contribution in [2.24, 2.45) is 0 Å². The first-order chi connectivity index (χ1) is 11.6. The summed E-state index contributed by atoms with van der Waals surface area (Å²) < 4.78 is 0. The highest BCUT2D eigenvalue weighted by Gasteiger charge is 2.22. The van der Waals surface area contributed by atoms with Crippen molar-refractivity contribution in [3.05, 3.63) is 42.5 Å². The van der Waals surface area contributed by atoms with Gasteiger partial charge >= 0.3 is 0 Å². The summed E-state index contributed by atoms with van der Waals surface area (Å²) in [6.07, 6.45) is 0.900. The second-order valence-electron chi connectivity index (χ2n) is 5.92. The summed E-state index contributed by atoms with van der Waals surface area (Å²) in [5.41, 5.74) is 1.92. The van der Waals surface area contributed by atoms with E-state index in [0.717, 1.165) is 43.1 Å². The highest BCUT2D eigenvalue weighted by atomic mass is 35.5. The molecule has 1 aliphatic heterocycles. The lowest BCUT2D eigenvalue weighted by atomic mass is 10.1. The number of carbonyl (C=O) groups excluding carboxylic acids is 1. The predicted molar refractivity (Wildman–Crippen MR) is 96.2 cm³/mol. The number of carbonyl (C=O) groups is 1. The average Bonchev–Trinajstić information content (AvgIpc) is 2.88. The van der Waals surface area contributed by atoms with Gasteiger partial charge in [0.25, 0.3) is 0 Å². The molecule has 126 valence electrons. The number of nitrogens with zero attached hydrogens (tertiary/aromatic N) is 4. The molecule has 0 N–H and O–H groups in total. The van der Waals surface area contributed by atoms with Gasteiger partial charge in [-0.3, -0.25) is 4.79 Å². The van der Waals surface area contributed by atoms with E-state index in [1.807, 2.05) is 47.4 Å². The molecular weight excluding hydrogens is 324 g/mol. The molecule has 1 saturated heterocycles. The first-order valence-electron chi connectivity index (χ1n) is 8.22. The second kappa shape index (κ2) is 7.62. The molecule has 0 radical (unpaired) electrons. The topological polar surface area (TPSA) is 49.3 Å². The number of amides is 1. The van der Waals surface area contributed by atoms with Crippen LogP contribution in [0, 0.1) is 0 Å². The summed E-state index contributed by atoms with van der Waals surface area (Å²) in [7, 11) is 0. The van der Waals surface area contributed by atoms with Gasteiger partial charge in [-0.05, 0) is 25.5 Å². The van der Waals surface area contributed by atoms with Crippen molar-refractivity contribution in [2.75, 3.05) is 31.1 Å². The van der Waals surface area contributed by atoms with Crippen molar-refractivity contribution in [2.45, 2.75) is 18.7 Å². The number of aromatic nitrogens is 2. The normalized spacial score (nSPS) is 16.6. The van der Waals surface area contributed by atoms with E-state index in [4.69, 9.17) is 11.6 Å². The third-order valence-corrected chi connectivity index (χ3v) is 4.38. The molecule has 1 aromatic heterocycles. The van der Waals surface area contributed by atoms with Gasteiger partial charge in [0.1, 0.15) is 5.38 Å². The molecule has 2 heterocycles. The van der Waals surface area contributed by atoms with Gasteiger partial charge in [-0.2, -0.15) is 0 Å². The molecule has 1 amide bonds. The highest BCUT2D eigenvalue weighted by Crippen LogP contribution is 2.19. The van der Waals surface area contributed by atoms with Crippen LogP contribution in [-0.4, -0.2) is 52.6 Å². The number of benzene rings is 1. The Morgan fingerprint density at radius 2 is 1.83 bits per heavy atom. The van der Waals surface area contributed by atoms with Crippen molar-refractivity contribution < 1.29 is 4.79 Å². The summed E-state index contributed by atoms with van der Waals surface area (Å²) >= 11 is 5.92. The van der Waals surface area contributed by atoms with Crippen molar-refractivity contribution in [3.63, 3.8) is 0 Å². The van der Waals surface area contributed by atoms with Gasteiger partial charge in [0.05, 0.1) is 5.69 Å². The van der Waals surface area contributed by atoms with E-state index in [0.29, 0.717) is 6.54 Å². The van der Waals surface area contributed by atoms with Crippen molar-refractivity contribution in [1.29, 1.82) is 0 Å². The lowest BCUT2D eigenvalue weighted by molar-refractivity contribution is -0.130. The largest absolute Gasteiger partial charge is 0.353 e. The third-order valence-electron chi connectivity index (χ3n) is 4.19. The van der Waals surface area contributed by atoms with E-state index in [-0.39, 0.29) is 5.91 Å². The molecule has 0 aliphatic carbocycles. The summed E-state index contributed by atoms with van der Waals surface area (Å²) in [6.45, 7) is 4.73. The van der Waals surface area contributed by atoms with Crippen LogP contribution in [0.5, 0.6) is 0 Å². The van der Waals surface area contributed by atoms with Crippen LogP contribution in [0.15, 0.2) is 42.5 Å². The van der Waals surface area contributed by atoms with Gasteiger partial charge < -0.3 is 9.80 Å². The molecule has 1 atom stereocenters. The molecule has 1 aromatic carbocycles. The van der Waals surface area contributed by atoms with E-state index < -0.39 is 5.38 Å². The number of alkyl halides is 1. The van der Waals surface area contributed by atoms with Gasteiger partial charge in [0.15, 0.2) is 5.82 Å². The SMILES string of the molecule is CC(Cl)C(=O)N1CCCN(c2ccc(-c3ccccc3)nn2)CC1. The smallest absolute Gasteiger partial charge is 0.240 e. The average molecular weight is 345 g/mol. The number of halogens is 1. The van der Waals surface area contributed by atoms with Gasteiger partial charge in [-0.25, -0.2) is 0 Å². The number of rotatable bonds is 3. The molecule has 1 aliphatic rings. The third kappa shape index (κ3) is 3.85. The van der Waals surface area contributed by atoms with Crippen LogP contribution in [-0.2, 0) is 4.79 Å². The van der Waals surface area contributed by atoms with Gasteiger partial charge in [0.2, 0.25) is 5.91 Å². The molecule has 1 unspecified atom stereocenters. The predicted octanol–water partition coefficient (Wildman–Crippen LogP) is 2.81. The van der Waals surface area contributed by atoms with Crippen LogP contribution in [0.25, 0.3) is 11.3 Å². The molecule has 0 bridgehead atoms. The summed E-state index contributed by atoms with van der Waals surface area (Å²) in [5.74, 6) is 0.854. The van der Waals surface area contributed by atoms with Crippen LogP contribution in [0.1, 0.15) is 13.3 Å². The van der Waals surface area contributed by atoms with E-state index in [1.165, 1.54) is 0 Å². The fourth-order valence-electron chi connectivity index (χ4n) is 2.88. The zero-order valence-corrected chi connectivity index (χ0v) is 14.5. The number of anilines is 1. The van der Waals surface area contributed by atoms with Gasteiger partial charge in [-0.1, -0.05) is 30.3 Å². The molecule has 0 spiro atoms. The quantitative estimate of drug-likeness (QED) is 0.803. The first-order valence-corrected chi connectivity index (χ1v) is 8.66. The zero-order valence-electron chi connectivity index (χ0n) is 13.7. The van der Waals surface area contributed by atoms with E-state index in [2.05, 4.69) is 15.1 Å². The molecule has 6 heteroatoms. The Labute approximate surface area is 147 Å². The van der Waals surface area contributed by atoms with Crippen LogP contribution >= 0.6 is 11.6 Å². The van der Waals surface area contributed by atoms with E-state index in [1.54, 1.807) is 6.92 Å². The minimum absolute atomic E-state index is 0.00373. The standard InChI is InChI=1S/C18H21ClN4O/c1-14(19)18(24)23-11-5-10-22(12-13-23)17-9-8-16(20-21-17)15-6-3-2-4-7-15/h2-4,6-9,14H,5,10-13H2,1H3. The highest BCUT2D eigenvalue weighted by molar-refractivity contribution is 6.30. The lowest BCUT2D eigenvalue weighted by Crippen LogP contribution is -2.38. The molecule has 1 fully saturated rings. The fraction of sp³-hybridized carbons (Fsp3) is 0.389. The molecule has 2 aromatic rings. The number of hydrogen-bond acceptors (Lipinski definition) is 4. The van der Waals surface area contributed by atoms with Gasteiger partial charge in [-0.15, -0.1) is 21.8 Å². The van der Waals surface area contributed by atoms with Crippen molar-refractivity contribution in [1.82, 2.24) is 15.1 Å². The van der Waals surface area contributed by atoms with Gasteiger partial charge in [0, 0.05) is 31.7 Å². The van der Waals surface area contributed by atoms with Crippen LogP contribution < -0.4 is 4.90 Å². The lowest BCUT2D eigenvalue weighted by Gasteiger charge is -2.23. The summed E-state index contributed by atoms with van der Waals surface area (Å²) in [5, 5.41) is 8.24. The van der Waals surface area contributed by atoms with Crippen LogP contribution in [0.3, 0.4) is 0 Å². The molecule has 24 heavy (non-hydrogen) atoms. The first kappa shape index (κ1) is 16.7. The zero-order chi connectivity index (χ0) is 16.9. The maximum atomic E-state index is 12.0. The van der Waals surface area contributed by atoms with Crippen molar-refractivity contribution >= 4 is 23.3 Å². The second-order valence-corrected chi connectivity index (χ2v) is 6.58. The monoisotopic (exact) mass is 344 g/mol. The molecule has 5 nitrogen and oxygen atoms in total. The number of hydrogen-bond donors (Lipinski definition) is 0. The summed E-state index contributed by atoms with van der Waals surface area (Å²) in [6, 6.07) is 14.0. The maximum absolute atomic E-state index is 12.0. The Bertz CT molecular complexity index is 675. The Kier molecular flexibility index (Phi) is 5.30. The minimum Gasteiger partial charge on any atom is -0.353 e. The maximum Gasteiger partial charge on any atom is 0.240 e. The van der Waals surface area contributed by atoms with E-state index in [9.17, 15) is 4.79 Å². The Morgan fingerprint density at radius 1 is 1.04 bits per heavy atom. The molecular formula is C18H21ClN4O.